The van der Waals surface area contributed by atoms with Gasteiger partial charge in [0.05, 0.1) is 6.20 Å². The number of hydrogen-bond acceptors (Lipinski definition) is 7. The largest absolute Gasteiger partial charge is 0.368 e. The van der Waals surface area contributed by atoms with Gasteiger partial charge in [0, 0.05) is 28.9 Å². The summed E-state index contributed by atoms with van der Waals surface area (Å²) in [5.74, 6) is -0.749. The van der Waals surface area contributed by atoms with Gasteiger partial charge in [0.1, 0.15) is 11.9 Å². The Balaban J connectivity index is 2.00. The quantitative estimate of drug-likeness (QED) is 0.496. The summed E-state index contributed by atoms with van der Waals surface area (Å²) in [6, 6.07) is 6.86. The Morgan fingerprint density at radius 3 is 2.70 bits per heavy atom. The van der Waals surface area contributed by atoms with Crippen LogP contribution in [0.15, 0.2) is 42.9 Å². The van der Waals surface area contributed by atoms with E-state index in [0.717, 1.165) is 10.8 Å². The molecule has 9 nitrogen and oxygen atoms in total. The fraction of sp³-hybridized carbons (Fsp3) is 0.167. The second-order valence-electron chi connectivity index (χ2n) is 5.85. The topological polar surface area (TPSA) is 149 Å². The van der Waals surface area contributed by atoms with E-state index in [1.807, 2.05) is 31.2 Å². The number of amides is 2. The standard InChI is InChI=1S/C18H19N7O2/c1-2-12(16(19)26)23-14-9-22-15(17(20)27)18(25-14)24-13-5-3-4-10-8-21-7-6-11(10)13/h3-9,12H,2H2,1H3,(H2,19,26)(H2,20,27)(H2,23,24,25). The average molecular weight is 365 g/mol. The monoisotopic (exact) mass is 365 g/mol. The molecule has 3 aromatic rings. The van der Waals surface area contributed by atoms with Crippen LogP contribution in [0, 0.1) is 0 Å². The molecule has 0 saturated heterocycles. The number of hydrogen-bond donors (Lipinski definition) is 4. The van der Waals surface area contributed by atoms with E-state index in [-0.39, 0.29) is 11.5 Å². The van der Waals surface area contributed by atoms with Gasteiger partial charge in [-0.3, -0.25) is 14.6 Å². The number of nitrogens with one attached hydrogen (secondary N) is 2. The number of rotatable bonds is 7. The Morgan fingerprint density at radius 2 is 2.00 bits per heavy atom. The van der Waals surface area contributed by atoms with Gasteiger partial charge in [-0.1, -0.05) is 19.1 Å². The molecule has 0 radical (unpaired) electrons. The van der Waals surface area contributed by atoms with Gasteiger partial charge < -0.3 is 22.1 Å². The normalized spacial score (nSPS) is 11.7. The number of fused-ring (bicyclic) bond motifs is 1. The number of pyridine rings is 1. The molecule has 2 amide bonds. The molecule has 0 aliphatic heterocycles. The molecule has 3 rings (SSSR count). The zero-order valence-electron chi connectivity index (χ0n) is 14.6. The van der Waals surface area contributed by atoms with Gasteiger partial charge in [-0.25, -0.2) is 9.97 Å². The summed E-state index contributed by atoms with van der Waals surface area (Å²) in [6.45, 7) is 1.82. The van der Waals surface area contributed by atoms with Crippen molar-refractivity contribution >= 4 is 39.9 Å². The van der Waals surface area contributed by atoms with Gasteiger partial charge in [-0.05, 0) is 18.6 Å². The first-order chi connectivity index (χ1) is 13.0. The minimum absolute atomic E-state index is 0.0151. The lowest BCUT2D eigenvalue weighted by atomic mass is 10.1. The van der Waals surface area contributed by atoms with Crippen LogP contribution in [0.3, 0.4) is 0 Å². The van der Waals surface area contributed by atoms with Crippen molar-refractivity contribution in [3.05, 3.63) is 48.5 Å². The third kappa shape index (κ3) is 3.92. The van der Waals surface area contributed by atoms with Crippen LogP contribution in [-0.4, -0.2) is 32.8 Å². The lowest BCUT2D eigenvalue weighted by Crippen LogP contribution is -2.35. The Kier molecular flexibility index (Phi) is 5.11. The van der Waals surface area contributed by atoms with Crippen LogP contribution in [0.25, 0.3) is 10.8 Å². The third-order valence-corrected chi connectivity index (χ3v) is 4.01. The molecule has 27 heavy (non-hydrogen) atoms. The molecule has 1 aromatic carbocycles. The van der Waals surface area contributed by atoms with E-state index >= 15 is 0 Å². The number of nitrogens with zero attached hydrogens (tertiary/aromatic N) is 3. The first-order valence-electron chi connectivity index (χ1n) is 8.32. The maximum absolute atomic E-state index is 11.7. The van der Waals surface area contributed by atoms with Crippen molar-refractivity contribution in [2.45, 2.75) is 19.4 Å². The minimum Gasteiger partial charge on any atom is -0.368 e. The summed E-state index contributed by atoms with van der Waals surface area (Å²) in [5.41, 5.74) is 11.5. The summed E-state index contributed by atoms with van der Waals surface area (Å²) >= 11 is 0. The van der Waals surface area contributed by atoms with E-state index in [1.54, 1.807) is 12.4 Å². The number of carbonyl (C=O) groups is 2. The van der Waals surface area contributed by atoms with Crippen LogP contribution in [-0.2, 0) is 4.79 Å². The molecule has 0 fully saturated rings. The summed E-state index contributed by atoms with van der Waals surface area (Å²) in [6.07, 6.45) is 5.22. The maximum Gasteiger partial charge on any atom is 0.271 e. The molecule has 0 aliphatic carbocycles. The van der Waals surface area contributed by atoms with E-state index in [1.165, 1.54) is 6.20 Å². The highest BCUT2D eigenvalue weighted by atomic mass is 16.1. The molecular formula is C18H19N7O2. The van der Waals surface area contributed by atoms with Crippen LogP contribution in [0.4, 0.5) is 17.3 Å². The van der Waals surface area contributed by atoms with E-state index in [2.05, 4.69) is 25.6 Å². The van der Waals surface area contributed by atoms with Crippen LogP contribution in [0.2, 0.25) is 0 Å². The number of aromatic nitrogens is 3. The Labute approximate surface area is 155 Å². The molecule has 2 heterocycles. The van der Waals surface area contributed by atoms with Gasteiger partial charge in [0.25, 0.3) is 5.91 Å². The van der Waals surface area contributed by atoms with E-state index in [0.29, 0.717) is 17.9 Å². The number of primary amides is 2. The molecule has 1 atom stereocenters. The van der Waals surface area contributed by atoms with Gasteiger partial charge in [-0.2, -0.15) is 0 Å². The lowest BCUT2D eigenvalue weighted by molar-refractivity contribution is -0.118. The Bertz CT molecular complexity index is 1000. The zero-order chi connectivity index (χ0) is 19.4. The number of nitrogens with two attached hydrogens (primary N) is 2. The van der Waals surface area contributed by atoms with E-state index in [4.69, 9.17) is 11.5 Å². The highest BCUT2D eigenvalue weighted by molar-refractivity contribution is 5.99. The summed E-state index contributed by atoms with van der Waals surface area (Å²) in [4.78, 5) is 35.7. The van der Waals surface area contributed by atoms with Gasteiger partial charge in [0.15, 0.2) is 11.5 Å². The molecule has 1 unspecified atom stereocenters. The highest BCUT2D eigenvalue weighted by Gasteiger charge is 2.17. The predicted octanol–water partition coefficient (Wildman–Crippen LogP) is 1.54. The second-order valence-corrected chi connectivity index (χ2v) is 5.85. The first kappa shape index (κ1) is 18.1. The lowest BCUT2D eigenvalue weighted by Gasteiger charge is -2.16. The summed E-state index contributed by atoms with van der Waals surface area (Å²) in [5, 5.41) is 7.82. The Hall–Kier alpha value is -3.75. The third-order valence-electron chi connectivity index (χ3n) is 4.01. The fourth-order valence-corrected chi connectivity index (χ4v) is 2.64. The molecular weight excluding hydrogens is 346 g/mol. The maximum atomic E-state index is 11.7. The molecule has 0 aliphatic rings. The van der Waals surface area contributed by atoms with Crippen molar-refractivity contribution in [2.75, 3.05) is 10.6 Å². The molecule has 0 spiro atoms. The second kappa shape index (κ2) is 7.65. The van der Waals surface area contributed by atoms with Crippen molar-refractivity contribution in [3.8, 4) is 0 Å². The average Bonchev–Trinajstić information content (AvgIpc) is 2.66. The fourth-order valence-electron chi connectivity index (χ4n) is 2.64. The first-order valence-corrected chi connectivity index (χ1v) is 8.32. The molecule has 6 N–H and O–H groups in total. The molecule has 0 saturated carbocycles. The minimum atomic E-state index is -0.722. The SMILES string of the molecule is CCC(Nc1cnc(C(N)=O)c(Nc2cccc3cnccc23)n1)C(N)=O. The molecule has 9 heteroatoms. The van der Waals surface area contributed by atoms with E-state index in [9.17, 15) is 9.59 Å². The smallest absolute Gasteiger partial charge is 0.271 e. The van der Waals surface area contributed by atoms with Crippen LogP contribution < -0.4 is 22.1 Å². The number of benzene rings is 1. The van der Waals surface area contributed by atoms with Crippen molar-refractivity contribution in [1.29, 1.82) is 0 Å². The number of carbonyl (C=O) groups excluding carboxylic acids is 2. The summed E-state index contributed by atoms with van der Waals surface area (Å²) < 4.78 is 0. The van der Waals surface area contributed by atoms with Crippen molar-refractivity contribution in [2.24, 2.45) is 11.5 Å². The molecule has 0 bridgehead atoms. The predicted molar refractivity (Wildman–Crippen MR) is 102 cm³/mol. The van der Waals surface area contributed by atoms with Gasteiger partial charge in [-0.15, -0.1) is 0 Å². The van der Waals surface area contributed by atoms with Crippen molar-refractivity contribution < 1.29 is 9.59 Å². The highest BCUT2D eigenvalue weighted by Crippen LogP contribution is 2.26. The molecule has 2 aromatic heterocycles. The van der Waals surface area contributed by atoms with Gasteiger partial charge >= 0.3 is 0 Å². The van der Waals surface area contributed by atoms with Crippen molar-refractivity contribution in [1.82, 2.24) is 15.0 Å². The van der Waals surface area contributed by atoms with Gasteiger partial charge in [0.2, 0.25) is 5.91 Å². The van der Waals surface area contributed by atoms with Crippen LogP contribution in [0.5, 0.6) is 0 Å². The van der Waals surface area contributed by atoms with Crippen molar-refractivity contribution in [3.63, 3.8) is 0 Å². The molecule has 138 valence electrons. The van der Waals surface area contributed by atoms with E-state index < -0.39 is 17.9 Å². The summed E-state index contributed by atoms with van der Waals surface area (Å²) in [7, 11) is 0. The zero-order valence-corrected chi connectivity index (χ0v) is 14.6. The van der Waals surface area contributed by atoms with Crippen LogP contribution >= 0.6 is 0 Å². The Morgan fingerprint density at radius 1 is 1.19 bits per heavy atom. The van der Waals surface area contributed by atoms with Crippen LogP contribution in [0.1, 0.15) is 23.8 Å². The number of anilines is 3.